The molecule has 28 heavy (non-hydrogen) atoms. The Balaban J connectivity index is 1.73. The van der Waals surface area contributed by atoms with Gasteiger partial charge in [0.05, 0.1) is 0 Å². The van der Waals surface area contributed by atoms with Crippen LogP contribution in [-0.2, 0) is 9.53 Å². The molecule has 0 bridgehead atoms. The third kappa shape index (κ3) is 4.34. The lowest BCUT2D eigenvalue weighted by Crippen LogP contribution is -2.57. The quantitative estimate of drug-likeness (QED) is 0.732. The van der Waals surface area contributed by atoms with Gasteiger partial charge in [0.1, 0.15) is 11.4 Å². The number of amides is 2. The van der Waals surface area contributed by atoms with Crippen LogP contribution in [0.3, 0.4) is 0 Å². The van der Waals surface area contributed by atoms with Crippen molar-refractivity contribution in [2.45, 2.75) is 18.4 Å². The monoisotopic (exact) mass is 386 g/mol. The van der Waals surface area contributed by atoms with Gasteiger partial charge in [-0.15, -0.1) is 0 Å². The number of hydrogen-bond donors (Lipinski definition) is 3. The van der Waals surface area contributed by atoms with Crippen LogP contribution in [0.25, 0.3) is 0 Å². The Morgan fingerprint density at radius 3 is 2.29 bits per heavy atom. The van der Waals surface area contributed by atoms with E-state index in [1.807, 2.05) is 0 Å². The Morgan fingerprint density at radius 2 is 1.64 bits per heavy atom. The number of rotatable bonds is 5. The van der Waals surface area contributed by atoms with Gasteiger partial charge in [-0.05, 0) is 42.5 Å². The van der Waals surface area contributed by atoms with Gasteiger partial charge < -0.3 is 20.5 Å². The van der Waals surface area contributed by atoms with E-state index in [9.17, 15) is 23.9 Å². The fraction of sp³-hybridized carbons (Fsp3) is 0.250. The fourth-order valence-corrected chi connectivity index (χ4v) is 2.94. The molecule has 2 amide bonds. The molecule has 1 aliphatic rings. The lowest BCUT2D eigenvalue weighted by molar-refractivity contribution is -0.148. The van der Waals surface area contributed by atoms with E-state index in [1.165, 1.54) is 36.4 Å². The molecule has 146 valence electrons. The van der Waals surface area contributed by atoms with Crippen molar-refractivity contribution in [1.29, 1.82) is 0 Å². The van der Waals surface area contributed by atoms with E-state index in [1.54, 1.807) is 12.1 Å². The summed E-state index contributed by atoms with van der Waals surface area (Å²) in [5, 5.41) is 14.8. The minimum Gasteiger partial charge on any atom is -0.480 e. The molecular formula is C20H19FN2O5. The first-order valence-corrected chi connectivity index (χ1v) is 8.70. The smallest absolute Gasteiger partial charge is 0.329 e. The van der Waals surface area contributed by atoms with Crippen LogP contribution in [0.2, 0.25) is 0 Å². The number of benzene rings is 2. The van der Waals surface area contributed by atoms with Crippen LogP contribution in [0, 0.1) is 5.82 Å². The van der Waals surface area contributed by atoms with Crippen molar-refractivity contribution in [1.82, 2.24) is 5.32 Å². The highest BCUT2D eigenvalue weighted by Gasteiger charge is 2.41. The lowest BCUT2D eigenvalue weighted by atomic mass is 9.89. The molecule has 0 saturated carbocycles. The molecule has 2 aromatic rings. The molecule has 1 aliphatic heterocycles. The second-order valence-corrected chi connectivity index (χ2v) is 6.50. The molecule has 0 unspecified atom stereocenters. The summed E-state index contributed by atoms with van der Waals surface area (Å²) < 4.78 is 18.2. The molecule has 0 aliphatic carbocycles. The Bertz CT molecular complexity index is 892. The van der Waals surface area contributed by atoms with E-state index < -0.39 is 29.1 Å². The molecular weight excluding hydrogens is 367 g/mol. The van der Waals surface area contributed by atoms with Gasteiger partial charge in [-0.2, -0.15) is 0 Å². The van der Waals surface area contributed by atoms with Crippen LogP contribution in [0.1, 0.15) is 33.6 Å². The normalized spacial score (nSPS) is 15.5. The molecule has 1 fully saturated rings. The van der Waals surface area contributed by atoms with Gasteiger partial charge in [-0.3, -0.25) is 9.59 Å². The standard InChI is InChI=1S/C20H19FN2O5/c21-15-6-4-13(5-7-15)17(24)22-16-3-1-2-14(12-16)18(25)23-20(19(26)27)8-10-28-11-9-20/h1-7,12H,8-11H2,(H,22,24)(H,23,25)(H,26,27). The van der Waals surface area contributed by atoms with Gasteiger partial charge in [0, 0.05) is 42.9 Å². The largest absolute Gasteiger partial charge is 0.480 e. The number of ether oxygens (including phenoxy) is 1. The Kier molecular flexibility index (Phi) is 5.70. The highest BCUT2D eigenvalue weighted by molar-refractivity contribution is 6.05. The molecule has 0 radical (unpaired) electrons. The first-order valence-electron chi connectivity index (χ1n) is 8.70. The topological polar surface area (TPSA) is 105 Å². The first-order chi connectivity index (χ1) is 13.4. The summed E-state index contributed by atoms with van der Waals surface area (Å²) in [6, 6.07) is 11.2. The SMILES string of the molecule is O=C(Nc1cccc(C(=O)NC2(C(=O)O)CCOCC2)c1)c1ccc(F)cc1. The summed E-state index contributed by atoms with van der Waals surface area (Å²) in [7, 11) is 0. The molecule has 0 aromatic heterocycles. The van der Waals surface area contributed by atoms with E-state index in [0.29, 0.717) is 5.69 Å². The highest BCUT2D eigenvalue weighted by atomic mass is 19.1. The average molecular weight is 386 g/mol. The number of aliphatic carboxylic acids is 1. The molecule has 1 saturated heterocycles. The van der Waals surface area contributed by atoms with Gasteiger partial charge in [0.15, 0.2) is 0 Å². The van der Waals surface area contributed by atoms with Crippen LogP contribution in [-0.4, -0.2) is 41.6 Å². The molecule has 2 aromatic carbocycles. The summed E-state index contributed by atoms with van der Waals surface area (Å²) in [5.74, 6) is -2.56. The number of carbonyl (C=O) groups is 3. The lowest BCUT2D eigenvalue weighted by Gasteiger charge is -2.33. The van der Waals surface area contributed by atoms with Crippen LogP contribution >= 0.6 is 0 Å². The van der Waals surface area contributed by atoms with Crippen molar-refractivity contribution in [2.24, 2.45) is 0 Å². The summed E-state index contributed by atoms with van der Waals surface area (Å²) in [4.78, 5) is 36.5. The predicted octanol–water partition coefficient (Wildman–Crippen LogP) is 2.44. The van der Waals surface area contributed by atoms with Crippen molar-refractivity contribution in [3.05, 3.63) is 65.5 Å². The van der Waals surface area contributed by atoms with E-state index in [0.717, 1.165) is 0 Å². The van der Waals surface area contributed by atoms with Crippen molar-refractivity contribution in [3.63, 3.8) is 0 Å². The van der Waals surface area contributed by atoms with Crippen molar-refractivity contribution in [2.75, 3.05) is 18.5 Å². The van der Waals surface area contributed by atoms with Crippen LogP contribution in [0.4, 0.5) is 10.1 Å². The van der Waals surface area contributed by atoms with Gasteiger partial charge in [0.25, 0.3) is 11.8 Å². The zero-order chi connectivity index (χ0) is 20.1. The highest BCUT2D eigenvalue weighted by Crippen LogP contribution is 2.22. The van der Waals surface area contributed by atoms with Crippen molar-refractivity contribution < 1.29 is 28.6 Å². The second-order valence-electron chi connectivity index (χ2n) is 6.50. The average Bonchev–Trinajstić information content (AvgIpc) is 2.69. The first kappa shape index (κ1) is 19.5. The minimum atomic E-state index is -1.37. The zero-order valence-electron chi connectivity index (χ0n) is 14.9. The number of halogens is 1. The maximum absolute atomic E-state index is 13.0. The van der Waals surface area contributed by atoms with Crippen LogP contribution in [0.5, 0.6) is 0 Å². The molecule has 1 heterocycles. The zero-order valence-corrected chi connectivity index (χ0v) is 14.9. The van der Waals surface area contributed by atoms with Gasteiger partial charge in [0.2, 0.25) is 0 Å². The number of nitrogens with one attached hydrogen (secondary N) is 2. The minimum absolute atomic E-state index is 0.176. The predicted molar refractivity (Wildman–Crippen MR) is 98.7 cm³/mol. The van der Waals surface area contributed by atoms with Crippen LogP contribution < -0.4 is 10.6 Å². The molecule has 0 atom stereocenters. The summed E-state index contributed by atoms with van der Waals surface area (Å²) in [6.07, 6.45) is 0.351. The molecule has 3 rings (SSSR count). The summed E-state index contributed by atoms with van der Waals surface area (Å²) in [5.41, 5.74) is -0.534. The third-order valence-corrected chi connectivity index (χ3v) is 4.60. The van der Waals surface area contributed by atoms with E-state index >= 15 is 0 Å². The number of carboxylic acids is 1. The van der Waals surface area contributed by atoms with E-state index in [-0.39, 0.29) is 37.2 Å². The third-order valence-electron chi connectivity index (χ3n) is 4.60. The maximum Gasteiger partial charge on any atom is 0.329 e. The fourth-order valence-electron chi connectivity index (χ4n) is 2.94. The Hall–Kier alpha value is -3.26. The summed E-state index contributed by atoms with van der Waals surface area (Å²) >= 11 is 0. The molecule has 0 spiro atoms. The second kappa shape index (κ2) is 8.18. The van der Waals surface area contributed by atoms with Gasteiger partial charge >= 0.3 is 5.97 Å². The van der Waals surface area contributed by atoms with E-state index in [4.69, 9.17) is 4.74 Å². The molecule has 3 N–H and O–H groups in total. The van der Waals surface area contributed by atoms with Crippen LogP contribution in [0.15, 0.2) is 48.5 Å². The maximum atomic E-state index is 13.0. The number of anilines is 1. The molecule has 8 heteroatoms. The van der Waals surface area contributed by atoms with Gasteiger partial charge in [-0.25, -0.2) is 9.18 Å². The van der Waals surface area contributed by atoms with Crippen molar-refractivity contribution in [3.8, 4) is 0 Å². The Morgan fingerprint density at radius 1 is 0.964 bits per heavy atom. The summed E-state index contributed by atoms with van der Waals surface area (Å²) in [6.45, 7) is 0.501. The van der Waals surface area contributed by atoms with E-state index in [2.05, 4.69) is 10.6 Å². The Labute approximate surface area is 160 Å². The molecule has 7 nitrogen and oxygen atoms in total. The number of carboxylic acid groups (broad SMARTS) is 1. The van der Waals surface area contributed by atoms with Gasteiger partial charge in [-0.1, -0.05) is 6.07 Å². The van der Waals surface area contributed by atoms with Crippen molar-refractivity contribution >= 4 is 23.5 Å². The number of hydrogen-bond acceptors (Lipinski definition) is 4. The number of carbonyl (C=O) groups excluding carboxylic acids is 2.